The van der Waals surface area contributed by atoms with Gasteiger partial charge >= 0.3 is 10.6 Å². The molecule has 0 unspecified atom stereocenters. The molecular formula is C19H16N2O2S. The Morgan fingerprint density at radius 2 is 1.25 bits per heavy atom. The SMILES string of the molecule is O=c1[nH]sc(=O)n1Cc1ccccc1.c1ccc2ccccc2c1. The van der Waals surface area contributed by atoms with Gasteiger partial charge in [-0.1, -0.05) is 78.9 Å². The number of aromatic amines is 1. The fourth-order valence-electron chi connectivity index (χ4n) is 2.32. The van der Waals surface area contributed by atoms with Crippen molar-refractivity contribution in [3.63, 3.8) is 0 Å². The molecule has 0 fully saturated rings. The predicted octanol–water partition coefficient (Wildman–Crippen LogP) is 3.49. The Balaban J connectivity index is 0.000000149. The van der Waals surface area contributed by atoms with Gasteiger partial charge in [0, 0.05) is 11.5 Å². The second-order valence-electron chi connectivity index (χ2n) is 5.19. The molecule has 0 atom stereocenters. The predicted molar refractivity (Wildman–Crippen MR) is 98.7 cm³/mol. The fraction of sp³-hybridized carbons (Fsp3) is 0.0526. The minimum absolute atomic E-state index is 0.251. The van der Waals surface area contributed by atoms with Crippen LogP contribution in [0.2, 0.25) is 0 Å². The summed E-state index contributed by atoms with van der Waals surface area (Å²) in [5.41, 5.74) is 0.599. The summed E-state index contributed by atoms with van der Waals surface area (Å²) in [6.45, 7) is 0.332. The Bertz CT molecular complexity index is 939. The van der Waals surface area contributed by atoms with E-state index in [4.69, 9.17) is 0 Å². The Morgan fingerprint density at radius 3 is 1.71 bits per heavy atom. The van der Waals surface area contributed by atoms with Crippen molar-refractivity contribution < 1.29 is 0 Å². The third kappa shape index (κ3) is 3.88. The lowest BCUT2D eigenvalue weighted by Crippen LogP contribution is -2.26. The lowest BCUT2D eigenvalue weighted by molar-refractivity contribution is 0.739. The van der Waals surface area contributed by atoms with E-state index in [9.17, 15) is 9.59 Å². The molecule has 4 rings (SSSR count). The third-order valence-electron chi connectivity index (χ3n) is 3.53. The van der Waals surface area contributed by atoms with E-state index in [0.29, 0.717) is 6.54 Å². The van der Waals surface area contributed by atoms with E-state index in [0.717, 1.165) is 17.1 Å². The topological polar surface area (TPSA) is 54.9 Å². The highest BCUT2D eigenvalue weighted by molar-refractivity contribution is 7.02. The second kappa shape index (κ2) is 7.57. The van der Waals surface area contributed by atoms with Gasteiger partial charge in [-0.2, -0.15) is 0 Å². The summed E-state index contributed by atoms with van der Waals surface area (Å²) in [6.07, 6.45) is 0. The highest BCUT2D eigenvalue weighted by Crippen LogP contribution is 2.11. The number of H-pyrrole nitrogens is 1. The normalized spacial score (nSPS) is 10.2. The van der Waals surface area contributed by atoms with Crippen LogP contribution in [0, 0.1) is 0 Å². The summed E-state index contributed by atoms with van der Waals surface area (Å²) < 4.78 is 3.57. The molecule has 5 heteroatoms. The van der Waals surface area contributed by atoms with E-state index in [-0.39, 0.29) is 10.6 Å². The quantitative estimate of drug-likeness (QED) is 0.609. The van der Waals surface area contributed by atoms with E-state index < -0.39 is 0 Å². The molecule has 0 radical (unpaired) electrons. The molecule has 0 aliphatic heterocycles. The molecule has 3 aromatic carbocycles. The van der Waals surface area contributed by atoms with Crippen molar-refractivity contribution in [2.45, 2.75) is 6.54 Å². The summed E-state index contributed by atoms with van der Waals surface area (Å²) in [7, 11) is 0. The Hall–Kier alpha value is -2.92. The van der Waals surface area contributed by atoms with Gasteiger partial charge in [0.1, 0.15) is 0 Å². The van der Waals surface area contributed by atoms with Gasteiger partial charge in [0.2, 0.25) is 0 Å². The summed E-state index contributed by atoms with van der Waals surface area (Å²) in [5, 5.41) is 2.62. The number of hydrogen-bond donors (Lipinski definition) is 1. The van der Waals surface area contributed by atoms with Gasteiger partial charge in [0.05, 0.1) is 6.54 Å². The molecule has 0 saturated heterocycles. The zero-order valence-electron chi connectivity index (χ0n) is 12.9. The molecular weight excluding hydrogens is 320 g/mol. The van der Waals surface area contributed by atoms with Crippen molar-refractivity contribution in [3.05, 3.63) is 105 Å². The zero-order chi connectivity index (χ0) is 16.8. The van der Waals surface area contributed by atoms with Crippen LogP contribution in [0.15, 0.2) is 88.5 Å². The monoisotopic (exact) mass is 336 g/mol. The van der Waals surface area contributed by atoms with Crippen LogP contribution >= 0.6 is 11.5 Å². The molecule has 1 N–H and O–H groups in total. The van der Waals surface area contributed by atoms with Crippen LogP contribution < -0.4 is 10.6 Å². The standard InChI is InChI=1S/C10H8.C9H8N2O2S/c1-2-6-10-8-4-3-7-9(10)5-1;12-8-10-14-9(13)11(8)6-7-4-2-1-3-5-7/h1-8H;1-5H,6H2,(H,10,12). The molecule has 0 amide bonds. The van der Waals surface area contributed by atoms with Crippen LogP contribution in [0.1, 0.15) is 5.56 Å². The molecule has 120 valence electrons. The summed E-state index contributed by atoms with van der Waals surface area (Å²) >= 11 is 0.820. The fourth-order valence-corrected chi connectivity index (χ4v) is 2.86. The number of benzene rings is 3. The van der Waals surface area contributed by atoms with E-state index in [1.165, 1.54) is 15.3 Å². The molecule has 4 nitrogen and oxygen atoms in total. The van der Waals surface area contributed by atoms with E-state index in [1.807, 2.05) is 30.3 Å². The summed E-state index contributed by atoms with van der Waals surface area (Å²) in [5.74, 6) is 0. The number of aromatic nitrogens is 2. The molecule has 0 saturated carbocycles. The Kier molecular flexibility index (Phi) is 5.03. The Labute approximate surface area is 142 Å². The first-order chi connectivity index (χ1) is 11.7. The zero-order valence-corrected chi connectivity index (χ0v) is 13.7. The molecule has 0 aliphatic carbocycles. The number of rotatable bonds is 2. The van der Waals surface area contributed by atoms with Crippen molar-refractivity contribution in [2.75, 3.05) is 0 Å². The lowest BCUT2D eigenvalue weighted by Gasteiger charge is -1.98. The van der Waals surface area contributed by atoms with Crippen molar-refractivity contribution in [3.8, 4) is 0 Å². The molecule has 24 heavy (non-hydrogen) atoms. The van der Waals surface area contributed by atoms with E-state index in [1.54, 1.807) is 0 Å². The summed E-state index contributed by atoms with van der Waals surface area (Å²) in [6, 6.07) is 26.1. The minimum Gasteiger partial charge on any atom is -0.258 e. The maximum Gasteiger partial charge on any atom is 0.338 e. The van der Waals surface area contributed by atoms with Crippen LogP contribution in [-0.4, -0.2) is 8.94 Å². The van der Waals surface area contributed by atoms with Gasteiger partial charge in [0.25, 0.3) is 0 Å². The molecule has 0 spiro atoms. The van der Waals surface area contributed by atoms with E-state index >= 15 is 0 Å². The molecule has 1 heterocycles. The first-order valence-corrected chi connectivity index (χ1v) is 8.32. The van der Waals surface area contributed by atoms with Crippen LogP contribution in [0.4, 0.5) is 0 Å². The molecule has 0 bridgehead atoms. The molecule has 4 aromatic rings. The molecule has 0 aliphatic rings. The van der Waals surface area contributed by atoms with Gasteiger partial charge in [-0.15, -0.1) is 0 Å². The number of hydrogen-bond acceptors (Lipinski definition) is 3. The van der Waals surface area contributed by atoms with Gasteiger partial charge in [0.15, 0.2) is 0 Å². The largest absolute Gasteiger partial charge is 0.338 e. The van der Waals surface area contributed by atoms with Crippen LogP contribution in [0.5, 0.6) is 0 Å². The molecule has 1 aromatic heterocycles. The van der Waals surface area contributed by atoms with Crippen molar-refractivity contribution in [1.82, 2.24) is 8.94 Å². The van der Waals surface area contributed by atoms with E-state index in [2.05, 4.69) is 52.9 Å². The highest BCUT2D eigenvalue weighted by atomic mass is 32.1. The number of nitrogens with zero attached hydrogens (tertiary/aromatic N) is 1. The Morgan fingerprint density at radius 1 is 0.750 bits per heavy atom. The minimum atomic E-state index is -0.344. The average Bonchev–Trinajstić information content (AvgIpc) is 2.95. The first-order valence-electron chi connectivity index (χ1n) is 7.50. The number of fused-ring (bicyclic) bond motifs is 1. The highest BCUT2D eigenvalue weighted by Gasteiger charge is 2.03. The maximum absolute atomic E-state index is 11.2. The maximum atomic E-state index is 11.2. The lowest BCUT2D eigenvalue weighted by atomic mass is 10.1. The van der Waals surface area contributed by atoms with Crippen LogP contribution in [-0.2, 0) is 6.54 Å². The van der Waals surface area contributed by atoms with Gasteiger partial charge < -0.3 is 0 Å². The first kappa shape index (κ1) is 16.0. The van der Waals surface area contributed by atoms with Crippen molar-refractivity contribution in [2.24, 2.45) is 0 Å². The van der Waals surface area contributed by atoms with Crippen molar-refractivity contribution >= 4 is 22.3 Å². The summed E-state index contributed by atoms with van der Waals surface area (Å²) in [4.78, 5) is 22.1. The van der Waals surface area contributed by atoms with Gasteiger partial charge in [-0.05, 0) is 16.3 Å². The smallest absolute Gasteiger partial charge is 0.258 e. The second-order valence-corrected chi connectivity index (χ2v) is 5.95. The average molecular weight is 336 g/mol. The van der Waals surface area contributed by atoms with Crippen LogP contribution in [0.3, 0.4) is 0 Å². The third-order valence-corrected chi connectivity index (χ3v) is 4.21. The number of nitrogens with one attached hydrogen (secondary N) is 1. The van der Waals surface area contributed by atoms with Gasteiger partial charge in [-0.3, -0.25) is 9.17 Å². The van der Waals surface area contributed by atoms with Gasteiger partial charge in [-0.25, -0.2) is 9.36 Å². The van der Waals surface area contributed by atoms with Crippen LogP contribution in [0.25, 0.3) is 10.8 Å². The van der Waals surface area contributed by atoms with Crippen molar-refractivity contribution in [1.29, 1.82) is 0 Å².